The van der Waals surface area contributed by atoms with E-state index in [1.54, 1.807) is 4.90 Å². The van der Waals surface area contributed by atoms with Crippen LogP contribution in [0.5, 0.6) is 0 Å². The summed E-state index contributed by atoms with van der Waals surface area (Å²) in [6, 6.07) is 2.39. The van der Waals surface area contributed by atoms with Crippen LogP contribution in [-0.2, 0) is 17.9 Å². The smallest absolute Gasteiger partial charge is 0.274 e. The van der Waals surface area contributed by atoms with Crippen molar-refractivity contribution in [1.29, 1.82) is 0 Å². The molecule has 0 bridgehead atoms. The van der Waals surface area contributed by atoms with Crippen LogP contribution in [-0.4, -0.2) is 57.1 Å². The maximum Gasteiger partial charge on any atom is 0.274 e. The lowest BCUT2D eigenvalue weighted by Crippen LogP contribution is -2.44. The lowest BCUT2D eigenvalue weighted by molar-refractivity contribution is -0.123. The summed E-state index contributed by atoms with van der Waals surface area (Å²) < 4.78 is 1.96. The highest BCUT2D eigenvalue weighted by atomic mass is 16.2. The highest BCUT2D eigenvalue weighted by Gasteiger charge is 2.29. The minimum absolute atomic E-state index is 0.0855. The Bertz CT molecular complexity index is 624. The standard InChI is InChI=1S/C17H27N5O2/c1-12(2)20-7-4-8-22-14(11-20)9-15(19-22)17(24)21-6-3-5-13(10-21)16(18)23/h9,12-13H,3-8,10-11H2,1-2H3,(H2,18,23). The van der Waals surface area contributed by atoms with E-state index in [1.807, 2.05) is 10.7 Å². The van der Waals surface area contributed by atoms with Crippen LogP contribution >= 0.6 is 0 Å². The number of rotatable bonds is 3. The van der Waals surface area contributed by atoms with Crippen LogP contribution in [0.3, 0.4) is 0 Å². The van der Waals surface area contributed by atoms with Gasteiger partial charge in [-0.1, -0.05) is 0 Å². The van der Waals surface area contributed by atoms with Crippen molar-refractivity contribution >= 4 is 11.8 Å². The molecule has 1 fully saturated rings. The number of hydrogen-bond donors (Lipinski definition) is 1. The summed E-state index contributed by atoms with van der Waals surface area (Å²) >= 11 is 0. The molecule has 2 amide bonds. The van der Waals surface area contributed by atoms with Crippen LogP contribution in [0.15, 0.2) is 6.07 Å². The fourth-order valence-corrected chi connectivity index (χ4v) is 3.59. The third-order valence-electron chi connectivity index (χ3n) is 5.10. The average molecular weight is 333 g/mol. The molecule has 7 heteroatoms. The second kappa shape index (κ2) is 6.93. The Hall–Kier alpha value is -1.89. The van der Waals surface area contributed by atoms with Gasteiger partial charge in [-0.3, -0.25) is 19.2 Å². The Kier molecular flexibility index (Phi) is 4.89. The normalized spacial score (nSPS) is 22.3. The number of fused-ring (bicyclic) bond motifs is 1. The summed E-state index contributed by atoms with van der Waals surface area (Å²) in [5, 5.41) is 4.53. The Balaban J connectivity index is 1.75. The lowest BCUT2D eigenvalue weighted by atomic mass is 9.97. The molecule has 0 spiro atoms. The van der Waals surface area contributed by atoms with E-state index in [-0.39, 0.29) is 17.7 Å². The molecule has 2 aliphatic rings. The fraction of sp³-hybridized carbons (Fsp3) is 0.706. The molecule has 24 heavy (non-hydrogen) atoms. The van der Waals surface area contributed by atoms with Crippen molar-refractivity contribution in [2.24, 2.45) is 11.7 Å². The Labute approximate surface area is 142 Å². The first kappa shape index (κ1) is 17.0. The minimum Gasteiger partial charge on any atom is -0.369 e. The molecule has 0 radical (unpaired) electrons. The number of nitrogens with two attached hydrogens (primary N) is 1. The highest BCUT2D eigenvalue weighted by Crippen LogP contribution is 2.20. The van der Waals surface area contributed by atoms with Crippen LogP contribution < -0.4 is 5.73 Å². The quantitative estimate of drug-likeness (QED) is 0.888. The zero-order valence-corrected chi connectivity index (χ0v) is 14.6. The number of hydrogen-bond acceptors (Lipinski definition) is 4. The molecule has 0 saturated carbocycles. The van der Waals surface area contributed by atoms with Gasteiger partial charge in [-0.2, -0.15) is 5.10 Å². The number of amides is 2. The van der Waals surface area contributed by atoms with Gasteiger partial charge in [0.25, 0.3) is 5.91 Å². The molecule has 1 aromatic heterocycles. The number of piperidine rings is 1. The summed E-state index contributed by atoms with van der Waals surface area (Å²) in [5.74, 6) is -0.641. The second-order valence-corrected chi connectivity index (χ2v) is 7.15. The van der Waals surface area contributed by atoms with Gasteiger partial charge in [-0.05, 0) is 39.2 Å². The Morgan fingerprint density at radius 3 is 2.75 bits per heavy atom. The van der Waals surface area contributed by atoms with E-state index in [2.05, 4.69) is 23.8 Å². The minimum atomic E-state index is -0.319. The van der Waals surface area contributed by atoms with Crippen LogP contribution in [0.2, 0.25) is 0 Å². The monoisotopic (exact) mass is 333 g/mol. The molecule has 1 saturated heterocycles. The first-order valence-corrected chi connectivity index (χ1v) is 8.85. The van der Waals surface area contributed by atoms with Crippen molar-refractivity contribution in [3.63, 3.8) is 0 Å². The molecule has 1 atom stereocenters. The number of primary amides is 1. The van der Waals surface area contributed by atoms with Crippen molar-refractivity contribution < 1.29 is 9.59 Å². The van der Waals surface area contributed by atoms with E-state index in [9.17, 15) is 9.59 Å². The molecule has 2 N–H and O–H groups in total. The van der Waals surface area contributed by atoms with E-state index >= 15 is 0 Å². The molecular formula is C17H27N5O2. The summed E-state index contributed by atoms with van der Waals surface area (Å²) in [5.41, 5.74) is 6.98. The molecular weight excluding hydrogens is 306 g/mol. The van der Waals surface area contributed by atoms with Gasteiger partial charge in [0.1, 0.15) is 0 Å². The SMILES string of the molecule is CC(C)N1CCCn2nc(C(=O)N3CCCC(C(N)=O)C3)cc2C1. The fourth-order valence-electron chi connectivity index (χ4n) is 3.59. The summed E-state index contributed by atoms with van der Waals surface area (Å²) in [7, 11) is 0. The Morgan fingerprint density at radius 2 is 2.04 bits per heavy atom. The van der Waals surface area contributed by atoms with E-state index in [0.29, 0.717) is 24.8 Å². The zero-order valence-electron chi connectivity index (χ0n) is 14.6. The number of aryl methyl sites for hydroxylation is 1. The predicted molar refractivity (Wildman–Crippen MR) is 90.2 cm³/mol. The number of carbonyl (C=O) groups is 2. The van der Waals surface area contributed by atoms with E-state index in [0.717, 1.165) is 44.6 Å². The molecule has 3 rings (SSSR count). The number of aromatic nitrogens is 2. The van der Waals surface area contributed by atoms with Gasteiger partial charge in [0.2, 0.25) is 5.91 Å². The van der Waals surface area contributed by atoms with E-state index < -0.39 is 0 Å². The van der Waals surface area contributed by atoms with Gasteiger partial charge in [0.15, 0.2) is 5.69 Å². The maximum atomic E-state index is 12.8. The van der Waals surface area contributed by atoms with Gasteiger partial charge in [-0.25, -0.2) is 0 Å². The summed E-state index contributed by atoms with van der Waals surface area (Å²) in [6.45, 7) is 8.18. The van der Waals surface area contributed by atoms with Crippen LogP contribution in [0.4, 0.5) is 0 Å². The van der Waals surface area contributed by atoms with E-state index in [4.69, 9.17) is 5.73 Å². The topological polar surface area (TPSA) is 84.5 Å². The first-order chi connectivity index (χ1) is 11.5. The molecule has 0 aromatic carbocycles. The third kappa shape index (κ3) is 3.45. The zero-order chi connectivity index (χ0) is 17.3. The second-order valence-electron chi connectivity index (χ2n) is 7.15. The summed E-state index contributed by atoms with van der Waals surface area (Å²) in [4.78, 5) is 28.3. The molecule has 3 heterocycles. The van der Waals surface area contributed by atoms with Crippen molar-refractivity contribution in [3.8, 4) is 0 Å². The van der Waals surface area contributed by atoms with Crippen molar-refractivity contribution in [2.75, 3.05) is 19.6 Å². The van der Waals surface area contributed by atoms with Gasteiger partial charge in [0.05, 0.1) is 11.6 Å². The van der Waals surface area contributed by atoms with Crippen LogP contribution in [0.25, 0.3) is 0 Å². The highest BCUT2D eigenvalue weighted by molar-refractivity contribution is 5.93. The molecule has 2 aliphatic heterocycles. The van der Waals surface area contributed by atoms with Crippen LogP contribution in [0.1, 0.15) is 49.3 Å². The molecule has 1 unspecified atom stereocenters. The molecule has 132 valence electrons. The largest absolute Gasteiger partial charge is 0.369 e. The third-order valence-corrected chi connectivity index (χ3v) is 5.10. The van der Waals surface area contributed by atoms with Gasteiger partial charge in [-0.15, -0.1) is 0 Å². The van der Waals surface area contributed by atoms with Gasteiger partial charge in [0, 0.05) is 38.8 Å². The van der Waals surface area contributed by atoms with E-state index in [1.165, 1.54) is 0 Å². The van der Waals surface area contributed by atoms with Crippen molar-refractivity contribution in [1.82, 2.24) is 19.6 Å². The van der Waals surface area contributed by atoms with Crippen LogP contribution in [0, 0.1) is 5.92 Å². The predicted octanol–water partition coefficient (Wildman–Crippen LogP) is 0.835. The molecule has 7 nitrogen and oxygen atoms in total. The van der Waals surface area contributed by atoms with Gasteiger partial charge < -0.3 is 10.6 Å². The Morgan fingerprint density at radius 1 is 1.25 bits per heavy atom. The maximum absolute atomic E-state index is 12.8. The number of nitrogens with zero attached hydrogens (tertiary/aromatic N) is 4. The number of carbonyl (C=O) groups excluding carboxylic acids is 2. The summed E-state index contributed by atoms with van der Waals surface area (Å²) in [6.07, 6.45) is 2.62. The van der Waals surface area contributed by atoms with Gasteiger partial charge >= 0.3 is 0 Å². The molecule has 1 aromatic rings. The lowest BCUT2D eigenvalue weighted by Gasteiger charge is -2.30. The van der Waals surface area contributed by atoms with Crippen molar-refractivity contribution in [2.45, 2.75) is 52.2 Å². The first-order valence-electron chi connectivity index (χ1n) is 8.85. The average Bonchev–Trinajstić information content (AvgIpc) is 2.85. The molecule has 0 aliphatic carbocycles. The van der Waals surface area contributed by atoms with Crippen molar-refractivity contribution in [3.05, 3.63) is 17.5 Å². The number of likely N-dealkylation sites (tertiary alicyclic amines) is 1.